The van der Waals surface area contributed by atoms with E-state index in [1.807, 2.05) is 17.2 Å². The summed E-state index contributed by atoms with van der Waals surface area (Å²) in [6.45, 7) is 2.51. The van der Waals surface area contributed by atoms with Gasteiger partial charge in [0, 0.05) is 24.4 Å². The molecule has 1 aromatic carbocycles. The zero-order valence-corrected chi connectivity index (χ0v) is 19.5. The van der Waals surface area contributed by atoms with Gasteiger partial charge in [-0.15, -0.1) is 16.9 Å². The fourth-order valence-electron chi connectivity index (χ4n) is 4.48. The Kier molecular flexibility index (Phi) is 6.66. The Morgan fingerprint density at radius 1 is 1.32 bits per heavy atom. The third kappa shape index (κ3) is 4.73. The number of aromatic nitrogens is 3. The first-order valence-corrected chi connectivity index (χ1v) is 12.4. The number of ether oxygens (including phenoxy) is 1. The lowest BCUT2D eigenvalue weighted by Crippen LogP contribution is -2.43. The summed E-state index contributed by atoms with van der Waals surface area (Å²) in [6.07, 6.45) is 2.52. The molecule has 2 N–H and O–H groups in total. The maximum atomic E-state index is 14.6. The molecule has 0 saturated carbocycles. The van der Waals surface area contributed by atoms with Crippen molar-refractivity contribution in [2.45, 2.75) is 29.6 Å². The Balaban J connectivity index is 1.44. The lowest BCUT2D eigenvalue weighted by Gasteiger charge is -2.26. The van der Waals surface area contributed by atoms with E-state index in [4.69, 9.17) is 4.74 Å². The number of benzene rings is 1. The summed E-state index contributed by atoms with van der Waals surface area (Å²) in [5.74, 6) is -0.164. The van der Waals surface area contributed by atoms with Crippen molar-refractivity contribution in [1.82, 2.24) is 25.2 Å². The predicted molar refractivity (Wildman–Crippen MR) is 126 cm³/mol. The zero-order valence-electron chi connectivity index (χ0n) is 18.7. The van der Waals surface area contributed by atoms with Gasteiger partial charge in [0.05, 0.1) is 38.0 Å². The summed E-state index contributed by atoms with van der Waals surface area (Å²) in [5, 5.41) is 10.8. The third-order valence-electron chi connectivity index (χ3n) is 6.11. The van der Waals surface area contributed by atoms with Gasteiger partial charge in [0.25, 0.3) is 5.91 Å². The van der Waals surface area contributed by atoms with Gasteiger partial charge in [-0.1, -0.05) is 0 Å². The van der Waals surface area contributed by atoms with Crippen molar-refractivity contribution in [1.29, 1.82) is 0 Å². The highest BCUT2D eigenvalue weighted by molar-refractivity contribution is 7.98. The van der Waals surface area contributed by atoms with Crippen molar-refractivity contribution in [2.75, 3.05) is 44.0 Å². The van der Waals surface area contributed by atoms with E-state index in [-0.39, 0.29) is 42.5 Å². The lowest BCUT2D eigenvalue weighted by atomic mass is 10.0. The molecule has 0 bridgehead atoms. The van der Waals surface area contributed by atoms with Gasteiger partial charge in [0.1, 0.15) is 17.8 Å². The molecule has 11 heteroatoms. The Bertz CT molecular complexity index is 1180. The van der Waals surface area contributed by atoms with Crippen LogP contribution in [0.1, 0.15) is 28.5 Å². The molecular formula is C23H26F2N6O2S. The molecule has 2 aliphatic rings. The summed E-state index contributed by atoms with van der Waals surface area (Å²) in [5.41, 5.74) is 1.49. The maximum Gasteiger partial charge on any atom is 0.271 e. The summed E-state index contributed by atoms with van der Waals surface area (Å²) < 4.78 is 35.7. The van der Waals surface area contributed by atoms with Crippen molar-refractivity contribution in [3.8, 4) is 0 Å². The highest BCUT2D eigenvalue weighted by Crippen LogP contribution is 2.38. The number of anilines is 1. The first-order chi connectivity index (χ1) is 16.5. The molecule has 3 atom stereocenters. The van der Waals surface area contributed by atoms with E-state index in [0.717, 1.165) is 11.4 Å². The number of imidazole rings is 1. The largest absolute Gasteiger partial charge is 0.378 e. The monoisotopic (exact) mass is 488 g/mol. The number of carbonyl (C=O) groups excluding carboxylic acids is 1. The van der Waals surface area contributed by atoms with Crippen LogP contribution in [0.5, 0.6) is 0 Å². The average molecular weight is 489 g/mol. The molecule has 8 nitrogen and oxygen atoms in total. The maximum absolute atomic E-state index is 14.6. The van der Waals surface area contributed by atoms with Crippen molar-refractivity contribution in [3.05, 3.63) is 53.6 Å². The Hall–Kier alpha value is -2.76. The SMILES string of the molecule is CSc1cc(F)cc([C@H]2C[C@H](F)CN2c2ccc3ncc(C(=O)N[C@@H]4CNCCOC4)n3n2)c1. The van der Waals surface area contributed by atoms with E-state index in [1.165, 1.54) is 34.6 Å². The van der Waals surface area contributed by atoms with Gasteiger partial charge >= 0.3 is 0 Å². The second-order valence-corrected chi connectivity index (χ2v) is 9.36. The van der Waals surface area contributed by atoms with Crippen molar-refractivity contribution >= 4 is 29.1 Å². The highest BCUT2D eigenvalue weighted by Gasteiger charge is 2.35. The molecule has 2 saturated heterocycles. The zero-order chi connectivity index (χ0) is 23.7. The number of hydrogen-bond acceptors (Lipinski definition) is 7. The summed E-state index contributed by atoms with van der Waals surface area (Å²) in [6, 6.07) is 7.78. The average Bonchev–Trinajstić information content (AvgIpc) is 3.34. The minimum Gasteiger partial charge on any atom is -0.378 e. The van der Waals surface area contributed by atoms with Gasteiger partial charge in [-0.25, -0.2) is 18.3 Å². The molecule has 180 valence electrons. The first kappa shape index (κ1) is 23.0. The van der Waals surface area contributed by atoms with E-state index in [2.05, 4.69) is 20.7 Å². The molecule has 0 radical (unpaired) electrons. The minimum atomic E-state index is -1.07. The Morgan fingerprint density at radius 3 is 3.06 bits per heavy atom. The first-order valence-electron chi connectivity index (χ1n) is 11.2. The van der Waals surface area contributed by atoms with Crippen LogP contribution in [0.25, 0.3) is 5.65 Å². The number of nitrogens with one attached hydrogen (secondary N) is 2. The van der Waals surface area contributed by atoms with Gasteiger partial charge < -0.3 is 20.3 Å². The predicted octanol–water partition coefficient (Wildman–Crippen LogP) is 2.60. The Labute approximate surface area is 200 Å². The molecular weight excluding hydrogens is 462 g/mol. The number of rotatable bonds is 5. The van der Waals surface area contributed by atoms with E-state index < -0.39 is 6.17 Å². The lowest BCUT2D eigenvalue weighted by molar-refractivity contribution is 0.0877. The van der Waals surface area contributed by atoms with Gasteiger partial charge in [0.15, 0.2) is 11.3 Å². The standard InChI is InChI=1S/C23H26F2N6O2S/c1-34-18-7-14(6-15(24)8-18)19-9-16(25)12-30(19)22-3-2-21-27-11-20(31(21)29-22)23(32)28-17-10-26-4-5-33-13-17/h2-3,6-8,11,16-17,19,26H,4-5,9-10,12-13H2,1H3,(H,28,32)/t16-,17+,19+/m0/s1. The van der Waals surface area contributed by atoms with Crippen LogP contribution in [0.3, 0.4) is 0 Å². The number of thioether (sulfide) groups is 1. The summed E-state index contributed by atoms with van der Waals surface area (Å²) >= 11 is 1.44. The normalized spacial score (nSPS) is 23.3. The molecule has 0 spiro atoms. The molecule has 0 unspecified atom stereocenters. The van der Waals surface area contributed by atoms with E-state index in [0.29, 0.717) is 36.8 Å². The van der Waals surface area contributed by atoms with Crippen LogP contribution in [0.2, 0.25) is 0 Å². The van der Waals surface area contributed by atoms with Crippen LogP contribution in [-0.4, -0.2) is 71.8 Å². The number of halogens is 2. The molecule has 0 aliphatic carbocycles. The molecule has 2 aliphatic heterocycles. The molecule has 3 aromatic rings. The summed E-state index contributed by atoms with van der Waals surface area (Å²) in [4.78, 5) is 19.9. The molecule has 5 rings (SSSR count). The third-order valence-corrected chi connectivity index (χ3v) is 6.81. The smallest absolute Gasteiger partial charge is 0.271 e. The van der Waals surface area contributed by atoms with Crippen LogP contribution >= 0.6 is 11.8 Å². The van der Waals surface area contributed by atoms with Crippen LogP contribution in [-0.2, 0) is 4.74 Å². The second kappa shape index (κ2) is 9.85. The van der Waals surface area contributed by atoms with Crippen molar-refractivity contribution in [2.24, 2.45) is 0 Å². The van der Waals surface area contributed by atoms with E-state index in [1.54, 1.807) is 12.1 Å². The van der Waals surface area contributed by atoms with Crippen molar-refractivity contribution < 1.29 is 18.3 Å². The summed E-state index contributed by atoms with van der Waals surface area (Å²) in [7, 11) is 0. The highest BCUT2D eigenvalue weighted by atomic mass is 32.2. The van der Waals surface area contributed by atoms with Crippen LogP contribution in [0, 0.1) is 5.82 Å². The van der Waals surface area contributed by atoms with Crippen LogP contribution in [0.4, 0.5) is 14.6 Å². The topological polar surface area (TPSA) is 83.8 Å². The van der Waals surface area contributed by atoms with Crippen LogP contribution < -0.4 is 15.5 Å². The van der Waals surface area contributed by atoms with Gasteiger partial charge in [-0.2, -0.15) is 0 Å². The van der Waals surface area contributed by atoms with Crippen LogP contribution in [0.15, 0.2) is 41.4 Å². The van der Waals surface area contributed by atoms with Gasteiger partial charge in [0.2, 0.25) is 0 Å². The minimum absolute atomic E-state index is 0.135. The quantitative estimate of drug-likeness (QED) is 0.534. The molecule has 34 heavy (non-hydrogen) atoms. The number of carbonyl (C=O) groups is 1. The number of fused-ring (bicyclic) bond motifs is 1. The number of amides is 1. The molecule has 2 aromatic heterocycles. The van der Waals surface area contributed by atoms with E-state index in [9.17, 15) is 13.6 Å². The number of alkyl halides is 1. The van der Waals surface area contributed by atoms with E-state index >= 15 is 0 Å². The number of nitrogens with zero attached hydrogens (tertiary/aromatic N) is 4. The fourth-order valence-corrected chi connectivity index (χ4v) is 4.96. The van der Waals surface area contributed by atoms with Gasteiger partial charge in [-0.3, -0.25) is 4.79 Å². The molecule has 4 heterocycles. The molecule has 1 amide bonds. The molecule has 2 fully saturated rings. The van der Waals surface area contributed by atoms with Crippen molar-refractivity contribution in [3.63, 3.8) is 0 Å². The second-order valence-electron chi connectivity index (χ2n) is 8.48. The van der Waals surface area contributed by atoms with Gasteiger partial charge in [-0.05, 0) is 42.2 Å². The number of hydrogen-bond donors (Lipinski definition) is 2. The fraction of sp³-hybridized carbons (Fsp3) is 0.435. The Morgan fingerprint density at radius 2 is 2.21 bits per heavy atom.